The van der Waals surface area contributed by atoms with Crippen LogP contribution in [0.4, 0.5) is 18.0 Å². The Morgan fingerprint density at radius 2 is 1.93 bits per heavy atom. The summed E-state index contributed by atoms with van der Waals surface area (Å²) in [5, 5.41) is 5.17. The van der Waals surface area contributed by atoms with Gasteiger partial charge >= 0.3 is 12.3 Å². The van der Waals surface area contributed by atoms with Crippen molar-refractivity contribution in [3.05, 3.63) is 35.4 Å². The summed E-state index contributed by atoms with van der Waals surface area (Å²) in [7, 11) is 1.19. The Morgan fingerprint density at radius 3 is 2.53 bits per heavy atom. The molecule has 0 bridgehead atoms. The van der Waals surface area contributed by atoms with Gasteiger partial charge in [-0.3, -0.25) is 9.59 Å². The van der Waals surface area contributed by atoms with E-state index in [1.165, 1.54) is 30.2 Å². The molecule has 1 aromatic carbocycles. The third kappa shape index (κ3) is 6.36. The molecule has 30 heavy (non-hydrogen) atoms. The van der Waals surface area contributed by atoms with Crippen molar-refractivity contribution in [3.63, 3.8) is 0 Å². The van der Waals surface area contributed by atoms with E-state index < -0.39 is 35.8 Å². The zero-order valence-corrected chi connectivity index (χ0v) is 17.1. The molecule has 7 nitrogen and oxygen atoms in total. The van der Waals surface area contributed by atoms with E-state index in [1.54, 1.807) is 0 Å². The molecule has 1 aliphatic rings. The van der Waals surface area contributed by atoms with Gasteiger partial charge in [0.25, 0.3) is 0 Å². The van der Waals surface area contributed by atoms with Crippen LogP contribution in [0, 0.1) is 5.92 Å². The lowest BCUT2D eigenvalue weighted by Crippen LogP contribution is -2.50. The summed E-state index contributed by atoms with van der Waals surface area (Å²) in [6.45, 7) is 3.66. The van der Waals surface area contributed by atoms with Crippen LogP contribution < -0.4 is 10.6 Å². The van der Waals surface area contributed by atoms with Crippen LogP contribution in [-0.4, -0.2) is 48.5 Å². The number of nitrogens with one attached hydrogen (secondary N) is 2. The first kappa shape index (κ1) is 23.5. The largest absolute Gasteiger partial charge is 0.453 e. The minimum Gasteiger partial charge on any atom is -0.453 e. The maximum atomic E-state index is 13.2. The van der Waals surface area contributed by atoms with E-state index in [-0.39, 0.29) is 36.9 Å². The van der Waals surface area contributed by atoms with Crippen LogP contribution in [0.2, 0.25) is 0 Å². The number of alkyl carbamates (subject to hydrolysis) is 1. The number of carbonyl (C=O) groups excluding carboxylic acids is 3. The number of nitrogens with zero attached hydrogens (tertiary/aromatic N) is 1. The van der Waals surface area contributed by atoms with Crippen LogP contribution in [-0.2, 0) is 27.0 Å². The highest BCUT2D eigenvalue weighted by Gasteiger charge is 2.36. The normalized spacial score (nSPS) is 17.8. The average molecular weight is 429 g/mol. The number of amides is 3. The van der Waals surface area contributed by atoms with Crippen molar-refractivity contribution >= 4 is 17.9 Å². The van der Waals surface area contributed by atoms with Gasteiger partial charge in [0.15, 0.2) is 0 Å². The van der Waals surface area contributed by atoms with Crippen LogP contribution in [0.1, 0.15) is 37.8 Å². The summed E-state index contributed by atoms with van der Waals surface area (Å²) in [5.74, 6) is -0.707. The summed E-state index contributed by atoms with van der Waals surface area (Å²) in [6.07, 6.45) is -4.92. The molecule has 3 amide bonds. The summed E-state index contributed by atoms with van der Waals surface area (Å²) in [4.78, 5) is 37.7. The van der Waals surface area contributed by atoms with E-state index in [0.29, 0.717) is 6.42 Å². The standard InChI is InChI=1S/C20H26F3N3O4/c1-12(2)8-16(25-19(29)30-3)18(28)24-14-9-17(27)26(11-14)10-13-6-4-5-7-15(13)20(21,22)23/h4-7,12,14,16H,8-11H2,1-3H3,(H,24,28)(H,25,29)/t14-,16+/m1/s1. The van der Waals surface area contributed by atoms with Crippen molar-refractivity contribution in [2.24, 2.45) is 5.92 Å². The third-order valence-corrected chi connectivity index (χ3v) is 4.75. The lowest BCUT2D eigenvalue weighted by atomic mass is 10.0. The summed E-state index contributed by atoms with van der Waals surface area (Å²) in [6, 6.07) is 3.69. The SMILES string of the molecule is COC(=O)N[C@@H](CC(C)C)C(=O)N[C@@H]1CC(=O)N(Cc2ccccc2C(F)(F)F)C1. The number of methoxy groups -OCH3 is 1. The Kier molecular flexibility index (Phi) is 7.69. The summed E-state index contributed by atoms with van der Waals surface area (Å²) >= 11 is 0. The van der Waals surface area contributed by atoms with Crippen molar-refractivity contribution in [2.45, 2.75) is 51.5 Å². The molecular weight excluding hydrogens is 403 g/mol. The molecule has 0 aromatic heterocycles. The van der Waals surface area contributed by atoms with Gasteiger partial charge in [0.05, 0.1) is 18.7 Å². The number of hydrogen-bond acceptors (Lipinski definition) is 4. The Morgan fingerprint density at radius 1 is 1.27 bits per heavy atom. The lowest BCUT2D eigenvalue weighted by molar-refractivity contribution is -0.139. The van der Waals surface area contributed by atoms with Gasteiger partial charge in [-0.15, -0.1) is 0 Å². The second-order valence-electron chi connectivity index (χ2n) is 7.66. The number of rotatable bonds is 7. The van der Waals surface area contributed by atoms with Crippen molar-refractivity contribution in [3.8, 4) is 0 Å². The number of ether oxygens (including phenoxy) is 1. The van der Waals surface area contributed by atoms with Gasteiger partial charge in [0.1, 0.15) is 6.04 Å². The summed E-state index contributed by atoms with van der Waals surface area (Å²) < 4.78 is 44.1. The highest BCUT2D eigenvalue weighted by molar-refractivity contribution is 5.87. The van der Waals surface area contributed by atoms with Crippen molar-refractivity contribution in [1.82, 2.24) is 15.5 Å². The smallest absolute Gasteiger partial charge is 0.416 e. The van der Waals surface area contributed by atoms with Crippen LogP contribution >= 0.6 is 0 Å². The maximum absolute atomic E-state index is 13.2. The average Bonchev–Trinajstić information content (AvgIpc) is 2.99. The van der Waals surface area contributed by atoms with E-state index in [4.69, 9.17) is 0 Å². The molecule has 1 aliphatic heterocycles. The molecule has 166 valence electrons. The zero-order chi connectivity index (χ0) is 22.5. The topological polar surface area (TPSA) is 87.7 Å². The highest BCUT2D eigenvalue weighted by Crippen LogP contribution is 2.32. The molecule has 0 aliphatic carbocycles. The fourth-order valence-electron chi connectivity index (χ4n) is 3.37. The Bertz CT molecular complexity index is 783. The van der Waals surface area contributed by atoms with E-state index in [2.05, 4.69) is 15.4 Å². The predicted octanol–water partition coefficient (Wildman–Crippen LogP) is 2.69. The molecule has 0 unspecified atom stereocenters. The first-order chi connectivity index (χ1) is 14.0. The van der Waals surface area contributed by atoms with Crippen LogP contribution in [0.5, 0.6) is 0 Å². The second-order valence-corrected chi connectivity index (χ2v) is 7.66. The first-order valence-corrected chi connectivity index (χ1v) is 9.59. The summed E-state index contributed by atoms with van der Waals surface area (Å²) in [5.41, 5.74) is -0.792. The number of likely N-dealkylation sites (tertiary alicyclic amines) is 1. The number of hydrogen-bond donors (Lipinski definition) is 2. The molecule has 1 saturated heterocycles. The Labute approximate surface area is 172 Å². The molecular formula is C20H26F3N3O4. The molecule has 1 heterocycles. The fraction of sp³-hybridized carbons (Fsp3) is 0.550. The number of alkyl halides is 3. The molecule has 2 atom stereocenters. The van der Waals surface area contributed by atoms with Crippen LogP contribution in [0.15, 0.2) is 24.3 Å². The minimum atomic E-state index is -4.52. The van der Waals surface area contributed by atoms with Gasteiger partial charge in [0, 0.05) is 19.5 Å². The monoisotopic (exact) mass is 429 g/mol. The Hall–Kier alpha value is -2.78. The van der Waals surface area contributed by atoms with Crippen LogP contribution in [0.25, 0.3) is 0 Å². The minimum absolute atomic E-state index is 0.00429. The fourth-order valence-corrected chi connectivity index (χ4v) is 3.37. The quantitative estimate of drug-likeness (QED) is 0.698. The molecule has 1 fully saturated rings. The van der Waals surface area contributed by atoms with Gasteiger partial charge < -0.3 is 20.3 Å². The zero-order valence-electron chi connectivity index (χ0n) is 17.1. The van der Waals surface area contributed by atoms with Crippen molar-refractivity contribution < 1.29 is 32.3 Å². The van der Waals surface area contributed by atoms with Gasteiger partial charge in [-0.2, -0.15) is 13.2 Å². The predicted molar refractivity (Wildman–Crippen MR) is 102 cm³/mol. The Balaban J connectivity index is 2.03. The molecule has 2 N–H and O–H groups in total. The molecule has 10 heteroatoms. The third-order valence-electron chi connectivity index (χ3n) is 4.75. The van der Waals surface area contributed by atoms with Crippen molar-refractivity contribution in [1.29, 1.82) is 0 Å². The lowest BCUT2D eigenvalue weighted by Gasteiger charge is -2.22. The van der Waals surface area contributed by atoms with Crippen LogP contribution in [0.3, 0.4) is 0 Å². The molecule has 0 radical (unpaired) electrons. The number of halogens is 3. The first-order valence-electron chi connectivity index (χ1n) is 9.59. The van der Waals surface area contributed by atoms with E-state index in [9.17, 15) is 27.6 Å². The molecule has 1 aromatic rings. The molecule has 0 saturated carbocycles. The maximum Gasteiger partial charge on any atom is 0.416 e. The highest BCUT2D eigenvalue weighted by atomic mass is 19.4. The number of carbonyl (C=O) groups is 3. The van der Waals surface area contributed by atoms with Gasteiger partial charge in [-0.05, 0) is 24.0 Å². The van der Waals surface area contributed by atoms with Gasteiger partial charge in [0.2, 0.25) is 11.8 Å². The van der Waals surface area contributed by atoms with E-state index in [0.717, 1.165) is 6.07 Å². The number of benzene rings is 1. The molecule has 0 spiro atoms. The second kappa shape index (κ2) is 9.82. The van der Waals surface area contributed by atoms with Crippen molar-refractivity contribution in [2.75, 3.05) is 13.7 Å². The van der Waals surface area contributed by atoms with Gasteiger partial charge in [-0.25, -0.2) is 4.79 Å². The molecule has 2 rings (SSSR count). The van der Waals surface area contributed by atoms with E-state index in [1.807, 2.05) is 13.8 Å². The van der Waals surface area contributed by atoms with E-state index >= 15 is 0 Å². The van der Waals surface area contributed by atoms with Gasteiger partial charge in [-0.1, -0.05) is 32.0 Å².